The molecule has 4 rings (SSSR count). The van der Waals surface area contributed by atoms with E-state index in [9.17, 15) is 4.79 Å². The normalized spacial score (nSPS) is 12.1. The summed E-state index contributed by atoms with van der Waals surface area (Å²) in [5.41, 5.74) is 3.97. The lowest BCUT2D eigenvalue weighted by Gasteiger charge is -2.15. The summed E-state index contributed by atoms with van der Waals surface area (Å²) in [6, 6.07) is 16.7. The quantitative estimate of drug-likeness (QED) is 0.461. The minimum atomic E-state index is -0.304. The zero-order valence-electron chi connectivity index (χ0n) is 16.6. The van der Waals surface area contributed by atoms with Gasteiger partial charge in [0.05, 0.1) is 18.3 Å². The standard InChI is InChI=1S/C23H21ClN4O2/c1-14(19-12-16-11-17(24)7-8-20(16)27-22(19)29)26-23-25-10-9-21(28-23)18-6-4-3-5-15(18)13-30-2/h3-12,14H,13H2,1-2H3,(H,27,29)(H,25,26,28). The van der Waals surface area contributed by atoms with Gasteiger partial charge in [-0.1, -0.05) is 35.9 Å². The summed E-state index contributed by atoms with van der Waals surface area (Å²) >= 11 is 6.09. The van der Waals surface area contributed by atoms with Crippen LogP contribution < -0.4 is 10.9 Å². The highest BCUT2D eigenvalue weighted by atomic mass is 35.5. The van der Waals surface area contributed by atoms with Crippen LogP contribution in [-0.2, 0) is 11.3 Å². The van der Waals surface area contributed by atoms with Gasteiger partial charge >= 0.3 is 0 Å². The maximum absolute atomic E-state index is 12.6. The number of hydrogen-bond acceptors (Lipinski definition) is 5. The van der Waals surface area contributed by atoms with Crippen LogP contribution in [0.4, 0.5) is 5.95 Å². The Balaban J connectivity index is 1.64. The van der Waals surface area contributed by atoms with Gasteiger partial charge in [0.15, 0.2) is 0 Å². The Kier molecular flexibility index (Phi) is 5.79. The number of nitrogens with one attached hydrogen (secondary N) is 2. The van der Waals surface area contributed by atoms with E-state index in [-0.39, 0.29) is 11.6 Å². The van der Waals surface area contributed by atoms with Crippen LogP contribution in [0, 0.1) is 0 Å². The van der Waals surface area contributed by atoms with E-state index in [2.05, 4.69) is 20.3 Å². The lowest BCUT2D eigenvalue weighted by atomic mass is 10.1. The highest BCUT2D eigenvalue weighted by Gasteiger charge is 2.14. The van der Waals surface area contributed by atoms with Gasteiger partial charge in [-0.3, -0.25) is 4.79 Å². The van der Waals surface area contributed by atoms with E-state index in [1.165, 1.54) is 0 Å². The van der Waals surface area contributed by atoms with Crippen LogP contribution in [-0.4, -0.2) is 22.1 Å². The molecule has 0 saturated heterocycles. The Morgan fingerprint density at radius 3 is 2.83 bits per heavy atom. The molecule has 7 heteroatoms. The molecule has 2 heterocycles. The molecular formula is C23H21ClN4O2. The van der Waals surface area contributed by atoms with Crippen molar-refractivity contribution in [2.75, 3.05) is 12.4 Å². The van der Waals surface area contributed by atoms with Crippen molar-refractivity contribution in [2.24, 2.45) is 0 Å². The molecular weight excluding hydrogens is 400 g/mol. The van der Waals surface area contributed by atoms with E-state index in [4.69, 9.17) is 16.3 Å². The molecule has 0 amide bonds. The van der Waals surface area contributed by atoms with Gasteiger partial charge < -0.3 is 15.0 Å². The second-order valence-corrected chi connectivity index (χ2v) is 7.44. The summed E-state index contributed by atoms with van der Waals surface area (Å²) < 4.78 is 5.29. The molecule has 0 bridgehead atoms. The molecule has 0 aliphatic carbocycles. The smallest absolute Gasteiger partial charge is 0.253 e. The summed E-state index contributed by atoms with van der Waals surface area (Å²) in [6.45, 7) is 2.39. The van der Waals surface area contributed by atoms with E-state index in [0.717, 1.165) is 27.7 Å². The fourth-order valence-corrected chi connectivity index (χ4v) is 3.60. The van der Waals surface area contributed by atoms with Crippen LogP contribution >= 0.6 is 11.6 Å². The van der Waals surface area contributed by atoms with Crippen LogP contribution in [0.2, 0.25) is 5.02 Å². The molecule has 30 heavy (non-hydrogen) atoms. The molecule has 0 aliphatic rings. The molecule has 1 atom stereocenters. The van der Waals surface area contributed by atoms with Crippen molar-refractivity contribution >= 4 is 28.5 Å². The number of ether oxygens (including phenoxy) is 1. The number of nitrogens with zero attached hydrogens (tertiary/aromatic N) is 2. The summed E-state index contributed by atoms with van der Waals surface area (Å²) in [5, 5.41) is 4.72. The van der Waals surface area contributed by atoms with Crippen molar-refractivity contribution in [1.82, 2.24) is 15.0 Å². The Morgan fingerprint density at radius 2 is 2.00 bits per heavy atom. The van der Waals surface area contributed by atoms with Gasteiger partial charge in [-0.25, -0.2) is 9.97 Å². The summed E-state index contributed by atoms with van der Waals surface area (Å²) in [5.74, 6) is 0.442. The molecule has 2 aromatic heterocycles. The van der Waals surface area contributed by atoms with Gasteiger partial charge in [-0.05, 0) is 42.8 Å². The van der Waals surface area contributed by atoms with E-state index in [0.29, 0.717) is 23.1 Å². The molecule has 0 fully saturated rings. The number of aromatic amines is 1. The number of hydrogen-bond donors (Lipinski definition) is 2. The summed E-state index contributed by atoms with van der Waals surface area (Å²) in [7, 11) is 1.67. The first-order valence-electron chi connectivity index (χ1n) is 9.54. The van der Waals surface area contributed by atoms with Crippen molar-refractivity contribution in [1.29, 1.82) is 0 Å². The Labute approximate surface area is 178 Å². The number of anilines is 1. The second-order valence-electron chi connectivity index (χ2n) is 7.01. The Morgan fingerprint density at radius 1 is 1.17 bits per heavy atom. The van der Waals surface area contributed by atoms with Crippen molar-refractivity contribution in [2.45, 2.75) is 19.6 Å². The van der Waals surface area contributed by atoms with Gasteiger partial charge in [0.25, 0.3) is 5.56 Å². The molecule has 1 unspecified atom stereocenters. The lowest BCUT2D eigenvalue weighted by molar-refractivity contribution is 0.185. The number of halogens is 1. The summed E-state index contributed by atoms with van der Waals surface area (Å²) in [6.07, 6.45) is 1.70. The number of fused-ring (bicyclic) bond motifs is 1. The zero-order valence-corrected chi connectivity index (χ0v) is 17.4. The average Bonchev–Trinajstić information content (AvgIpc) is 2.74. The molecule has 0 spiro atoms. The predicted molar refractivity (Wildman–Crippen MR) is 120 cm³/mol. The third-order valence-corrected chi connectivity index (χ3v) is 5.13. The molecule has 152 valence electrons. The molecule has 2 aromatic carbocycles. The van der Waals surface area contributed by atoms with Crippen LogP contribution in [0.1, 0.15) is 24.1 Å². The highest BCUT2D eigenvalue weighted by molar-refractivity contribution is 6.31. The number of pyridine rings is 1. The highest BCUT2D eigenvalue weighted by Crippen LogP contribution is 2.25. The number of aromatic nitrogens is 3. The van der Waals surface area contributed by atoms with E-state index < -0.39 is 0 Å². The first-order valence-corrected chi connectivity index (χ1v) is 9.92. The van der Waals surface area contributed by atoms with Gasteiger partial charge in [0, 0.05) is 40.4 Å². The third kappa shape index (κ3) is 4.20. The van der Waals surface area contributed by atoms with Crippen LogP contribution in [0.15, 0.2) is 65.6 Å². The molecule has 0 radical (unpaired) electrons. The number of H-pyrrole nitrogens is 1. The number of benzene rings is 2. The molecule has 2 N–H and O–H groups in total. The van der Waals surface area contributed by atoms with E-state index >= 15 is 0 Å². The van der Waals surface area contributed by atoms with Crippen molar-refractivity contribution < 1.29 is 4.74 Å². The minimum absolute atomic E-state index is 0.161. The van der Waals surface area contributed by atoms with Crippen LogP contribution in [0.25, 0.3) is 22.2 Å². The lowest BCUT2D eigenvalue weighted by Crippen LogP contribution is -2.20. The molecule has 0 aliphatic heterocycles. The predicted octanol–water partition coefficient (Wildman–Crippen LogP) is 4.96. The summed E-state index contributed by atoms with van der Waals surface area (Å²) in [4.78, 5) is 24.4. The maximum atomic E-state index is 12.6. The number of rotatable bonds is 6. The van der Waals surface area contributed by atoms with Crippen molar-refractivity contribution in [3.8, 4) is 11.3 Å². The Bertz CT molecular complexity index is 1260. The van der Waals surface area contributed by atoms with E-state index in [1.807, 2.05) is 49.4 Å². The van der Waals surface area contributed by atoms with Gasteiger partial charge in [0.2, 0.25) is 5.95 Å². The third-order valence-electron chi connectivity index (χ3n) is 4.90. The zero-order chi connectivity index (χ0) is 21.1. The fourth-order valence-electron chi connectivity index (χ4n) is 3.42. The first-order chi connectivity index (χ1) is 14.5. The topological polar surface area (TPSA) is 79.9 Å². The first kappa shape index (κ1) is 20.1. The maximum Gasteiger partial charge on any atom is 0.253 e. The van der Waals surface area contributed by atoms with Crippen LogP contribution in [0.5, 0.6) is 0 Å². The second kappa shape index (κ2) is 8.65. The van der Waals surface area contributed by atoms with Gasteiger partial charge in [-0.15, -0.1) is 0 Å². The van der Waals surface area contributed by atoms with Gasteiger partial charge in [-0.2, -0.15) is 0 Å². The van der Waals surface area contributed by atoms with Gasteiger partial charge in [0.1, 0.15) is 0 Å². The Hall–Kier alpha value is -3.22. The molecule has 6 nitrogen and oxygen atoms in total. The minimum Gasteiger partial charge on any atom is -0.380 e. The largest absolute Gasteiger partial charge is 0.380 e. The number of methoxy groups -OCH3 is 1. The molecule has 0 saturated carbocycles. The monoisotopic (exact) mass is 420 g/mol. The van der Waals surface area contributed by atoms with E-state index in [1.54, 1.807) is 25.4 Å². The fraction of sp³-hybridized carbons (Fsp3) is 0.174. The SMILES string of the molecule is COCc1ccccc1-c1ccnc(NC(C)c2cc3cc(Cl)ccc3[nH]c2=O)n1. The van der Waals surface area contributed by atoms with Crippen molar-refractivity contribution in [3.05, 3.63) is 87.3 Å². The average molecular weight is 421 g/mol. The van der Waals surface area contributed by atoms with Crippen LogP contribution in [0.3, 0.4) is 0 Å². The molecule has 4 aromatic rings. The van der Waals surface area contributed by atoms with Crippen molar-refractivity contribution in [3.63, 3.8) is 0 Å².